The fourth-order valence-corrected chi connectivity index (χ4v) is 4.43. The second-order valence-electron chi connectivity index (χ2n) is 7.25. The molecule has 1 heterocycles. The van der Waals surface area contributed by atoms with Crippen molar-refractivity contribution < 1.29 is 24.2 Å². The summed E-state index contributed by atoms with van der Waals surface area (Å²) >= 11 is 0.941. The van der Waals surface area contributed by atoms with Gasteiger partial charge in [0.25, 0.3) is 5.91 Å². The molecule has 1 aliphatic rings. The van der Waals surface area contributed by atoms with Gasteiger partial charge in [0, 0.05) is 5.92 Å². The highest BCUT2D eigenvalue weighted by atomic mass is 32.1. The minimum atomic E-state index is -1.11. The van der Waals surface area contributed by atoms with E-state index in [0.29, 0.717) is 0 Å². The van der Waals surface area contributed by atoms with Gasteiger partial charge in [0.1, 0.15) is 17.5 Å². The summed E-state index contributed by atoms with van der Waals surface area (Å²) in [4.78, 5) is 39.8. The zero-order chi connectivity index (χ0) is 22.7. The average molecular weight is 452 g/mol. The van der Waals surface area contributed by atoms with Crippen LogP contribution in [0, 0.1) is 0 Å². The topological polar surface area (TPSA) is 118 Å². The van der Waals surface area contributed by atoms with E-state index >= 15 is 0 Å². The molecule has 3 N–H and O–H groups in total. The molecule has 2 aromatic carbocycles. The number of rotatable bonds is 7. The van der Waals surface area contributed by atoms with Gasteiger partial charge in [0.05, 0.1) is 6.20 Å². The monoisotopic (exact) mass is 451 g/mol. The van der Waals surface area contributed by atoms with Gasteiger partial charge in [-0.15, -0.1) is 0 Å². The summed E-state index contributed by atoms with van der Waals surface area (Å²) in [7, 11) is 0. The summed E-state index contributed by atoms with van der Waals surface area (Å²) in [5, 5.41) is 14.2. The van der Waals surface area contributed by atoms with Crippen molar-refractivity contribution in [1.82, 2.24) is 10.3 Å². The lowest BCUT2D eigenvalue weighted by Gasteiger charge is -2.14. The number of carboxylic acids is 1. The molecule has 1 aliphatic carbocycles. The van der Waals surface area contributed by atoms with Crippen LogP contribution < -0.4 is 10.6 Å². The third-order valence-corrected chi connectivity index (χ3v) is 6.21. The summed E-state index contributed by atoms with van der Waals surface area (Å²) in [5.74, 6) is -1.73. The minimum absolute atomic E-state index is 0.0622. The Labute approximate surface area is 188 Å². The van der Waals surface area contributed by atoms with Crippen LogP contribution in [0.2, 0.25) is 0 Å². The molecule has 1 aromatic heterocycles. The molecule has 1 atom stereocenters. The lowest BCUT2D eigenvalue weighted by molar-refractivity contribution is -0.139. The maximum Gasteiger partial charge on any atom is 0.413 e. The molecule has 0 spiro atoms. The molecule has 1 unspecified atom stereocenters. The largest absolute Gasteiger partial charge is 0.480 e. The average Bonchev–Trinajstić information content (AvgIpc) is 3.38. The van der Waals surface area contributed by atoms with Gasteiger partial charge in [0.15, 0.2) is 5.13 Å². The fraction of sp³-hybridized carbons (Fsp3) is 0.217. The molecule has 4 rings (SSSR count). The third-order valence-electron chi connectivity index (χ3n) is 5.29. The van der Waals surface area contributed by atoms with Crippen LogP contribution in [-0.4, -0.2) is 40.7 Å². The van der Waals surface area contributed by atoms with Gasteiger partial charge in [0.2, 0.25) is 0 Å². The number of anilines is 1. The van der Waals surface area contributed by atoms with E-state index in [1.54, 1.807) is 6.92 Å². The van der Waals surface area contributed by atoms with E-state index in [1.807, 2.05) is 36.4 Å². The smallest absolute Gasteiger partial charge is 0.413 e. The standard InChI is InChI=1S/C23H21N3O5S/c1-2-18(21(28)29)25-20(27)19-11-24-22(32-19)26-23(30)31-12-17-15-9-5-3-7-13(15)14-8-4-6-10-16(14)17/h3-11,17-18H,2,12H2,1H3,(H,25,27)(H,28,29)(H,24,26,30). The SMILES string of the molecule is CCC(NC(=O)c1cnc(NC(=O)OCC2c3ccccc3-c3ccccc32)s1)C(=O)O. The number of aromatic nitrogens is 1. The second kappa shape index (κ2) is 9.19. The lowest BCUT2D eigenvalue weighted by atomic mass is 9.98. The first kappa shape index (κ1) is 21.5. The van der Waals surface area contributed by atoms with Crippen molar-refractivity contribution in [2.45, 2.75) is 25.3 Å². The fourth-order valence-electron chi connectivity index (χ4n) is 3.73. The first-order valence-electron chi connectivity index (χ1n) is 10.1. The number of carbonyl (C=O) groups is 3. The van der Waals surface area contributed by atoms with Crippen LogP contribution in [0.3, 0.4) is 0 Å². The van der Waals surface area contributed by atoms with Crippen LogP contribution in [0.1, 0.15) is 40.1 Å². The Morgan fingerprint density at radius 2 is 1.72 bits per heavy atom. The summed E-state index contributed by atoms with van der Waals surface area (Å²) in [6.45, 7) is 1.82. The van der Waals surface area contributed by atoms with Crippen molar-refractivity contribution in [3.05, 3.63) is 70.7 Å². The van der Waals surface area contributed by atoms with Crippen LogP contribution in [-0.2, 0) is 9.53 Å². The maximum atomic E-state index is 12.3. The number of amides is 2. The Balaban J connectivity index is 1.37. The van der Waals surface area contributed by atoms with Crippen LogP contribution in [0.15, 0.2) is 54.7 Å². The molecular formula is C23H21N3O5S. The van der Waals surface area contributed by atoms with E-state index in [9.17, 15) is 14.4 Å². The number of thiazole rings is 1. The van der Waals surface area contributed by atoms with Gasteiger partial charge in [-0.2, -0.15) is 0 Å². The number of hydrogen-bond donors (Lipinski definition) is 3. The number of carbonyl (C=O) groups excluding carboxylic acids is 2. The van der Waals surface area contributed by atoms with Crippen LogP contribution in [0.4, 0.5) is 9.93 Å². The van der Waals surface area contributed by atoms with Crippen LogP contribution in [0.5, 0.6) is 0 Å². The van der Waals surface area contributed by atoms with Crippen LogP contribution >= 0.6 is 11.3 Å². The number of fused-ring (bicyclic) bond motifs is 3. The van der Waals surface area contributed by atoms with Crippen molar-refractivity contribution in [1.29, 1.82) is 0 Å². The predicted octanol–water partition coefficient (Wildman–Crippen LogP) is 4.10. The molecule has 0 bridgehead atoms. The summed E-state index contributed by atoms with van der Waals surface area (Å²) in [5.41, 5.74) is 4.50. The minimum Gasteiger partial charge on any atom is -0.480 e. The zero-order valence-electron chi connectivity index (χ0n) is 17.2. The Morgan fingerprint density at radius 3 is 2.31 bits per heavy atom. The number of benzene rings is 2. The van der Waals surface area contributed by atoms with E-state index < -0.39 is 24.0 Å². The zero-order valence-corrected chi connectivity index (χ0v) is 18.0. The van der Waals surface area contributed by atoms with Gasteiger partial charge in [-0.3, -0.25) is 10.1 Å². The highest BCUT2D eigenvalue weighted by Gasteiger charge is 2.29. The molecule has 3 aromatic rings. The number of hydrogen-bond acceptors (Lipinski definition) is 6. The number of nitrogens with one attached hydrogen (secondary N) is 2. The molecule has 0 saturated carbocycles. The molecule has 164 valence electrons. The first-order chi connectivity index (χ1) is 15.5. The Hall–Kier alpha value is -3.72. The van der Waals surface area contributed by atoms with Gasteiger partial charge in [-0.05, 0) is 28.7 Å². The van der Waals surface area contributed by atoms with Gasteiger partial charge >= 0.3 is 12.1 Å². The van der Waals surface area contributed by atoms with Crippen molar-refractivity contribution in [3.63, 3.8) is 0 Å². The maximum absolute atomic E-state index is 12.3. The number of carboxylic acid groups (broad SMARTS) is 1. The second-order valence-corrected chi connectivity index (χ2v) is 8.28. The first-order valence-corrected chi connectivity index (χ1v) is 10.9. The summed E-state index contributed by atoms with van der Waals surface area (Å²) in [6.07, 6.45) is 0.864. The Kier molecular flexibility index (Phi) is 6.18. The molecule has 8 nitrogen and oxygen atoms in total. The summed E-state index contributed by atoms with van der Waals surface area (Å²) < 4.78 is 5.47. The van der Waals surface area contributed by atoms with Crippen molar-refractivity contribution >= 4 is 34.4 Å². The van der Waals surface area contributed by atoms with Crippen molar-refractivity contribution in [2.24, 2.45) is 0 Å². The van der Waals surface area contributed by atoms with Gasteiger partial charge < -0.3 is 15.2 Å². The van der Waals surface area contributed by atoms with E-state index in [4.69, 9.17) is 9.84 Å². The Morgan fingerprint density at radius 1 is 1.09 bits per heavy atom. The third kappa shape index (κ3) is 4.33. The molecule has 0 radical (unpaired) electrons. The predicted molar refractivity (Wildman–Crippen MR) is 120 cm³/mol. The number of aliphatic carboxylic acids is 1. The summed E-state index contributed by atoms with van der Waals surface area (Å²) in [6, 6.07) is 15.1. The molecule has 0 saturated heterocycles. The lowest BCUT2D eigenvalue weighted by Crippen LogP contribution is -2.39. The van der Waals surface area contributed by atoms with Gasteiger partial charge in [-0.1, -0.05) is 66.8 Å². The molecule has 9 heteroatoms. The van der Waals surface area contributed by atoms with E-state index in [1.165, 1.54) is 6.20 Å². The molecule has 0 aliphatic heterocycles. The molecule has 2 amide bonds. The number of ether oxygens (including phenoxy) is 1. The van der Waals surface area contributed by atoms with E-state index in [2.05, 4.69) is 27.8 Å². The van der Waals surface area contributed by atoms with Crippen LogP contribution in [0.25, 0.3) is 11.1 Å². The van der Waals surface area contributed by atoms with E-state index in [-0.39, 0.29) is 29.0 Å². The normalized spacial score (nSPS) is 13.0. The van der Waals surface area contributed by atoms with E-state index in [0.717, 1.165) is 33.6 Å². The molecular weight excluding hydrogens is 430 g/mol. The Bertz CT molecular complexity index is 1130. The molecule has 0 fully saturated rings. The van der Waals surface area contributed by atoms with Crippen molar-refractivity contribution in [3.8, 4) is 11.1 Å². The number of nitrogens with zero attached hydrogens (tertiary/aromatic N) is 1. The quantitative estimate of drug-likeness (QED) is 0.498. The van der Waals surface area contributed by atoms with Crippen molar-refractivity contribution in [2.75, 3.05) is 11.9 Å². The highest BCUT2D eigenvalue weighted by molar-refractivity contribution is 7.17. The highest BCUT2D eigenvalue weighted by Crippen LogP contribution is 2.44. The molecule has 32 heavy (non-hydrogen) atoms. The van der Waals surface area contributed by atoms with Gasteiger partial charge in [-0.25, -0.2) is 14.6 Å².